The first kappa shape index (κ1) is 21.9. The zero-order chi connectivity index (χ0) is 22.6. The highest BCUT2D eigenvalue weighted by Gasteiger charge is 2.23. The lowest BCUT2D eigenvalue weighted by Gasteiger charge is -2.18. The van der Waals surface area contributed by atoms with Gasteiger partial charge in [0.2, 0.25) is 0 Å². The van der Waals surface area contributed by atoms with Gasteiger partial charge < -0.3 is 9.47 Å². The Morgan fingerprint density at radius 1 is 0.812 bits per heavy atom. The maximum atomic E-state index is 12.1. The number of fused-ring (bicyclic) bond motifs is 1. The number of hydrogen-bond donors (Lipinski definition) is 1. The number of para-hydroxylation sites is 1. The van der Waals surface area contributed by atoms with Crippen LogP contribution in [-0.2, 0) is 23.1 Å². The summed E-state index contributed by atoms with van der Waals surface area (Å²) in [5.74, 6) is 1.35. The van der Waals surface area contributed by atoms with Crippen molar-refractivity contribution >= 4 is 20.9 Å². The van der Waals surface area contributed by atoms with Gasteiger partial charge in [0.1, 0.15) is 23.0 Å². The number of benzene rings is 4. The minimum absolute atomic E-state index is 0.139. The lowest BCUT2D eigenvalue weighted by atomic mass is 10.0. The Morgan fingerprint density at radius 3 is 2.25 bits per heavy atom. The van der Waals surface area contributed by atoms with Crippen LogP contribution in [0.4, 0.5) is 0 Å². The van der Waals surface area contributed by atoms with Crippen molar-refractivity contribution in [1.82, 2.24) is 0 Å². The van der Waals surface area contributed by atoms with Crippen LogP contribution in [0.15, 0.2) is 89.8 Å². The third-order valence-corrected chi connectivity index (χ3v) is 6.05. The molecule has 0 amide bonds. The van der Waals surface area contributed by atoms with Gasteiger partial charge in [0, 0.05) is 5.56 Å². The smallest absolute Gasteiger partial charge is 0.298 e. The fourth-order valence-electron chi connectivity index (χ4n) is 3.65. The Bertz CT molecular complexity index is 1330. The minimum Gasteiger partial charge on any atom is -0.489 e. The molecule has 5 nitrogen and oxygen atoms in total. The predicted octanol–water partition coefficient (Wildman–Crippen LogP) is 6.41. The molecule has 0 aliphatic rings. The monoisotopic (exact) mass is 448 g/mol. The van der Waals surface area contributed by atoms with E-state index >= 15 is 0 Å². The SMILES string of the molecule is CCCc1c(COc2ccc3ccccc3c2)ccc(S(=O)(=O)O)c1Oc1ccccc1. The van der Waals surface area contributed by atoms with Gasteiger partial charge in [-0.15, -0.1) is 0 Å². The van der Waals surface area contributed by atoms with Gasteiger partial charge in [0.25, 0.3) is 10.1 Å². The third kappa shape index (κ3) is 4.93. The van der Waals surface area contributed by atoms with Crippen LogP contribution in [0.2, 0.25) is 0 Å². The lowest BCUT2D eigenvalue weighted by molar-refractivity contribution is 0.304. The molecule has 0 bridgehead atoms. The first-order valence-corrected chi connectivity index (χ1v) is 11.9. The molecule has 0 atom stereocenters. The molecule has 0 spiro atoms. The van der Waals surface area contributed by atoms with Crippen molar-refractivity contribution in [3.63, 3.8) is 0 Å². The van der Waals surface area contributed by atoms with Crippen molar-refractivity contribution in [2.24, 2.45) is 0 Å². The molecule has 0 aliphatic heterocycles. The maximum Gasteiger partial charge on any atom is 0.298 e. The van der Waals surface area contributed by atoms with Crippen LogP contribution in [0.25, 0.3) is 10.8 Å². The molecule has 164 valence electrons. The van der Waals surface area contributed by atoms with E-state index in [9.17, 15) is 13.0 Å². The van der Waals surface area contributed by atoms with E-state index in [1.165, 1.54) is 6.07 Å². The quantitative estimate of drug-likeness (QED) is 0.315. The van der Waals surface area contributed by atoms with Crippen LogP contribution in [0.3, 0.4) is 0 Å². The molecule has 0 fully saturated rings. The standard InChI is InChI=1S/C26H24O5S/c1-2-8-24-21(18-30-23-15-13-19-9-6-7-10-20(19)17-23)14-16-25(32(27,28)29)26(24)31-22-11-4-3-5-12-22/h3-7,9-17H,2,8,18H2,1H3,(H,27,28,29). The Labute approximate surface area is 188 Å². The number of ether oxygens (including phenoxy) is 2. The summed E-state index contributed by atoms with van der Waals surface area (Å²) in [5.41, 5.74) is 1.51. The van der Waals surface area contributed by atoms with Gasteiger partial charge in [0.05, 0.1) is 0 Å². The van der Waals surface area contributed by atoms with Crippen molar-refractivity contribution < 1.29 is 22.4 Å². The molecular weight excluding hydrogens is 424 g/mol. The maximum absolute atomic E-state index is 12.1. The van der Waals surface area contributed by atoms with E-state index < -0.39 is 10.1 Å². The molecular formula is C26H24O5S. The third-order valence-electron chi connectivity index (χ3n) is 5.18. The molecule has 0 radical (unpaired) electrons. The summed E-state index contributed by atoms with van der Waals surface area (Å²) >= 11 is 0. The fourth-order valence-corrected chi connectivity index (χ4v) is 4.29. The van der Waals surface area contributed by atoms with Gasteiger partial charge in [0.15, 0.2) is 5.75 Å². The Morgan fingerprint density at radius 2 is 1.53 bits per heavy atom. The van der Waals surface area contributed by atoms with E-state index in [-0.39, 0.29) is 17.3 Å². The Balaban J connectivity index is 1.71. The van der Waals surface area contributed by atoms with Crippen molar-refractivity contribution in [3.8, 4) is 17.2 Å². The van der Waals surface area contributed by atoms with Crippen LogP contribution in [0.5, 0.6) is 17.2 Å². The predicted molar refractivity (Wildman–Crippen MR) is 125 cm³/mol. The molecule has 0 aliphatic carbocycles. The molecule has 0 saturated carbocycles. The summed E-state index contributed by atoms with van der Waals surface area (Å²) in [6.07, 6.45) is 1.34. The second-order valence-corrected chi connectivity index (χ2v) is 8.86. The molecule has 0 unspecified atom stereocenters. The molecule has 4 aromatic carbocycles. The van der Waals surface area contributed by atoms with Crippen LogP contribution in [0, 0.1) is 0 Å². The van der Waals surface area contributed by atoms with Gasteiger partial charge in [-0.3, -0.25) is 4.55 Å². The van der Waals surface area contributed by atoms with Crippen LogP contribution in [-0.4, -0.2) is 13.0 Å². The first-order valence-electron chi connectivity index (χ1n) is 10.4. The van der Waals surface area contributed by atoms with Crippen molar-refractivity contribution in [2.75, 3.05) is 0 Å². The van der Waals surface area contributed by atoms with Gasteiger partial charge in [-0.25, -0.2) is 0 Å². The van der Waals surface area contributed by atoms with Crippen molar-refractivity contribution in [1.29, 1.82) is 0 Å². The van der Waals surface area contributed by atoms with E-state index in [1.54, 1.807) is 30.3 Å². The van der Waals surface area contributed by atoms with Gasteiger partial charge in [-0.2, -0.15) is 8.42 Å². The average Bonchev–Trinajstić information content (AvgIpc) is 2.79. The molecule has 4 rings (SSSR count). The molecule has 0 heterocycles. The summed E-state index contributed by atoms with van der Waals surface area (Å²) < 4.78 is 45.9. The second-order valence-electron chi connectivity index (χ2n) is 7.47. The van der Waals surface area contributed by atoms with E-state index in [0.717, 1.165) is 28.5 Å². The highest BCUT2D eigenvalue weighted by molar-refractivity contribution is 7.86. The summed E-state index contributed by atoms with van der Waals surface area (Å²) in [7, 11) is -4.47. The second kappa shape index (κ2) is 9.42. The minimum atomic E-state index is -4.47. The molecule has 0 saturated heterocycles. The molecule has 6 heteroatoms. The molecule has 0 aromatic heterocycles. The van der Waals surface area contributed by atoms with E-state index in [4.69, 9.17) is 9.47 Å². The Kier molecular flexibility index (Phi) is 6.44. The van der Waals surface area contributed by atoms with E-state index in [0.29, 0.717) is 17.7 Å². The highest BCUT2D eigenvalue weighted by atomic mass is 32.2. The van der Waals surface area contributed by atoms with Gasteiger partial charge in [-0.1, -0.05) is 67.9 Å². The van der Waals surface area contributed by atoms with E-state index in [2.05, 4.69) is 0 Å². The normalized spacial score (nSPS) is 11.4. The summed E-state index contributed by atoms with van der Waals surface area (Å²) in [5, 5.41) is 2.20. The number of hydrogen-bond acceptors (Lipinski definition) is 4. The van der Waals surface area contributed by atoms with Gasteiger partial charge in [-0.05, 0) is 53.1 Å². The van der Waals surface area contributed by atoms with E-state index in [1.807, 2.05) is 55.5 Å². The Hall–Kier alpha value is -3.35. The summed E-state index contributed by atoms with van der Waals surface area (Å²) in [6.45, 7) is 2.24. The summed E-state index contributed by atoms with van der Waals surface area (Å²) in [4.78, 5) is -0.251. The first-order chi connectivity index (χ1) is 15.5. The zero-order valence-electron chi connectivity index (χ0n) is 17.7. The molecule has 32 heavy (non-hydrogen) atoms. The summed E-state index contributed by atoms with van der Waals surface area (Å²) in [6, 6.07) is 25.9. The highest BCUT2D eigenvalue weighted by Crippen LogP contribution is 2.36. The zero-order valence-corrected chi connectivity index (χ0v) is 18.5. The van der Waals surface area contributed by atoms with Crippen molar-refractivity contribution in [2.45, 2.75) is 31.3 Å². The van der Waals surface area contributed by atoms with Crippen LogP contribution >= 0.6 is 0 Å². The van der Waals surface area contributed by atoms with Crippen molar-refractivity contribution in [3.05, 3.63) is 96.1 Å². The molecule has 1 N–H and O–H groups in total. The topological polar surface area (TPSA) is 72.8 Å². The number of rotatable bonds is 8. The molecule has 4 aromatic rings. The lowest BCUT2D eigenvalue weighted by Crippen LogP contribution is -2.08. The average molecular weight is 449 g/mol. The largest absolute Gasteiger partial charge is 0.489 e. The fraction of sp³-hybridized carbons (Fsp3) is 0.154. The van der Waals surface area contributed by atoms with Gasteiger partial charge >= 0.3 is 0 Å². The van der Waals surface area contributed by atoms with Crippen LogP contribution in [0.1, 0.15) is 24.5 Å². The van der Waals surface area contributed by atoms with Crippen LogP contribution < -0.4 is 9.47 Å².